The van der Waals surface area contributed by atoms with Gasteiger partial charge in [-0.3, -0.25) is 9.69 Å². The fourth-order valence-corrected chi connectivity index (χ4v) is 4.05. The van der Waals surface area contributed by atoms with Gasteiger partial charge in [0, 0.05) is 24.0 Å². The van der Waals surface area contributed by atoms with Crippen LogP contribution >= 0.6 is 35.1 Å². The van der Waals surface area contributed by atoms with E-state index in [0.717, 1.165) is 27.4 Å². The Morgan fingerprint density at radius 1 is 1.22 bits per heavy atom. The molecule has 5 nitrogen and oxygen atoms in total. The van der Waals surface area contributed by atoms with Gasteiger partial charge in [0.25, 0.3) is 5.91 Å². The van der Waals surface area contributed by atoms with E-state index in [0.29, 0.717) is 11.7 Å². The minimum atomic E-state index is -0.0710. The van der Waals surface area contributed by atoms with Gasteiger partial charge in [-0.05, 0) is 43.8 Å². The van der Waals surface area contributed by atoms with E-state index in [4.69, 9.17) is 4.74 Å². The maximum Gasteiger partial charge on any atom is 0.252 e. The average molecular weight is 424 g/mol. The number of hydrogen-bond acceptors (Lipinski definition) is 6. The van der Waals surface area contributed by atoms with Crippen molar-refractivity contribution in [2.24, 2.45) is 0 Å². The smallest absolute Gasteiger partial charge is 0.252 e. The van der Waals surface area contributed by atoms with Crippen molar-refractivity contribution in [1.82, 2.24) is 9.88 Å². The van der Waals surface area contributed by atoms with Gasteiger partial charge in [0.05, 0.1) is 11.8 Å². The second kappa shape index (κ2) is 9.85. The molecule has 0 aliphatic rings. The fraction of sp³-hybridized carbons (Fsp3) is 0.263. The lowest BCUT2D eigenvalue weighted by molar-refractivity contribution is -0.114. The maximum absolute atomic E-state index is 12.8. The van der Waals surface area contributed by atoms with Gasteiger partial charge in [-0.2, -0.15) is 0 Å². The number of likely N-dealkylation sites (N-methyl/N-ethyl adjacent to an activating group) is 1. The summed E-state index contributed by atoms with van der Waals surface area (Å²) >= 11 is 3.11. The SMILES string of the molecule is COc1cccc2sc(N(CCN(C)C)C(=O)/C=C/c3cccs3)nc12.Cl. The maximum atomic E-state index is 12.8. The second-order valence-electron chi connectivity index (χ2n) is 5.95. The standard InChI is InChI=1S/C19H21N3O2S2.ClH/c1-21(2)11-12-22(17(23)10-9-14-6-5-13-25-14)19-20-18-15(24-3)7-4-8-16(18)26-19;/h4-10,13H,11-12H2,1-3H3;1H/b10-9+;. The Hall–Kier alpha value is -1.93. The predicted molar refractivity (Wildman–Crippen MR) is 118 cm³/mol. The van der Waals surface area contributed by atoms with Crippen LogP contribution in [0.3, 0.4) is 0 Å². The van der Waals surface area contributed by atoms with Crippen molar-refractivity contribution in [2.75, 3.05) is 39.2 Å². The Bertz CT molecular complexity index is 907. The second-order valence-corrected chi connectivity index (χ2v) is 7.93. The molecule has 0 spiro atoms. The lowest BCUT2D eigenvalue weighted by Crippen LogP contribution is -2.35. The van der Waals surface area contributed by atoms with Crippen LogP contribution in [0.1, 0.15) is 4.88 Å². The zero-order chi connectivity index (χ0) is 18.5. The van der Waals surface area contributed by atoms with Crippen molar-refractivity contribution in [1.29, 1.82) is 0 Å². The Morgan fingerprint density at radius 3 is 2.70 bits per heavy atom. The first-order valence-electron chi connectivity index (χ1n) is 8.20. The van der Waals surface area contributed by atoms with Crippen LogP contribution in [-0.2, 0) is 4.79 Å². The highest BCUT2D eigenvalue weighted by Crippen LogP contribution is 2.34. The minimum absolute atomic E-state index is 0. The molecule has 0 aliphatic carbocycles. The van der Waals surface area contributed by atoms with Crippen LogP contribution in [0, 0.1) is 0 Å². The van der Waals surface area contributed by atoms with Crippen molar-refractivity contribution in [3.63, 3.8) is 0 Å². The first kappa shape index (κ1) is 21.4. The van der Waals surface area contributed by atoms with Crippen molar-refractivity contribution < 1.29 is 9.53 Å². The summed E-state index contributed by atoms with van der Waals surface area (Å²) in [6, 6.07) is 9.77. The highest BCUT2D eigenvalue weighted by atomic mass is 35.5. The highest BCUT2D eigenvalue weighted by Gasteiger charge is 2.19. The summed E-state index contributed by atoms with van der Waals surface area (Å²) in [6.45, 7) is 1.33. The summed E-state index contributed by atoms with van der Waals surface area (Å²) in [5.74, 6) is 0.650. The van der Waals surface area contributed by atoms with Crippen LogP contribution in [0.2, 0.25) is 0 Å². The van der Waals surface area contributed by atoms with Gasteiger partial charge < -0.3 is 9.64 Å². The van der Waals surface area contributed by atoms with Gasteiger partial charge in [-0.25, -0.2) is 4.98 Å². The number of para-hydroxylation sites is 1. The predicted octanol–water partition coefficient (Wildman–Crippen LogP) is 4.40. The van der Waals surface area contributed by atoms with Crippen LogP contribution in [0.5, 0.6) is 5.75 Å². The molecule has 0 atom stereocenters. The minimum Gasteiger partial charge on any atom is -0.494 e. The zero-order valence-electron chi connectivity index (χ0n) is 15.4. The molecule has 8 heteroatoms. The van der Waals surface area contributed by atoms with Crippen molar-refractivity contribution in [3.05, 3.63) is 46.7 Å². The molecule has 27 heavy (non-hydrogen) atoms. The number of nitrogens with zero attached hydrogens (tertiary/aromatic N) is 3. The molecule has 0 bridgehead atoms. The number of hydrogen-bond donors (Lipinski definition) is 0. The third-order valence-electron chi connectivity index (χ3n) is 3.79. The summed E-state index contributed by atoms with van der Waals surface area (Å²) in [5, 5.41) is 2.68. The fourth-order valence-electron chi connectivity index (χ4n) is 2.42. The summed E-state index contributed by atoms with van der Waals surface area (Å²) in [6.07, 6.45) is 3.47. The van der Waals surface area contributed by atoms with E-state index in [1.807, 2.05) is 55.9 Å². The number of methoxy groups -OCH3 is 1. The first-order valence-corrected chi connectivity index (χ1v) is 9.89. The number of halogens is 1. The lowest BCUT2D eigenvalue weighted by Gasteiger charge is -2.20. The van der Waals surface area contributed by atoms with E-state index in [1.165, 1.54) is 11.3 Å². The zero-order valence-corrected chi connectivity index (χ0v) is 17.9. The number of aromatic nitrogens is 1. The summed E-state index contributed by atoms with van der Waals surface area (Å²) in [5.41, 5.74) is 0.792. The van der Waals surface area contributed by atoms with Crippen LogP contribution in [-0.4, -0.2) is 50.1 Å². The van der Waals surface area contributed by atoms with E-state index in [9.17, 15) is 4.79 Å². The van der Waals surface area contributed by atoms with E-state index in [2.05, 4.69) is 9.88 Å². The van der Waals surface area contributed by atoms with Gasteiger partial charge in [-0.1, -0.05) is 23.5 Å². The molecule has 3 aromatic rings. The largest absolute Gasteiger partial charge is 0.494 e. The van der Waals surface area contributed by atoms with E-state index in [1.54, 1.807) is 29.4 Å². The third kappa shape index (κ3) is 5.29. The molecule has 144 valence electrons. The number of ether oxygens (including phenoxy) is 1. The van der Waals surface area contributed by atoms with Crippen LogP contribution in [0.25, 0.3) is 16.3 Å². The Balaban J connectivity index is 0.00000261. The molecule has 1 aromatic carbocycles. The van der Waals surface area contributed by atoms with E-state index in [-0.39, 0.29) is 18.3 Å². The molecular formula is C19H22ClN3O2S2. The molecule has 2 aromatic heterocycles. The summed E-state index contributed by atoms with van der Waals surface area (Å²) in [7, 11) is 5.61. The number of fused-ring (bicyclic) bond motifs is 1. The molecule has 0 saturated carbocycles. The monoisotopic (exact) mass is 423 g/mol. The molecule has 0 fully saturated rings. The van der Waals surface area contributed by atoms with Gasteiger partial charge in [0.1, 0.15) is 11.3 Å². The number of thiophene rings is 1. The van der Waals surface area contributed by atoms with Gasteiger partial charge in [-0.15, -0.1) is 23.7 Å². The van der Waals surface area contributed by atoms with Gasteiger partial charge in [0.15, 0.2) is 5.13 Å². The molecule has 0 saturated heterocycles. The molecule has 0 aliphatic heterocycles. The molecule has 3 rings (SSSR count). The number of anilines is 1. The highest BCUT2D eigenvalue weighted by molar-refractivity contribution is 7.22. The number of carbonyl (C=O) groups is 1. The molecule has 0 N–H and O–H groups in total. The van der Waals surface area contributed by atoms with Gasteiger partial charge >= 0.3 is 0 Å². The molecule has 0 unspecified atom stereocenters. The molecule has 1 amide bonds. The number of benzene rings is 1. The van der Waals surface area contributed by atoms with E-state index < -0.39 is 0 Å². The average Bonchev–Trinajstić information content (AvgIpc) is 3.28. The topological polar surface area (TPSA) is 45.7 Å². The Kier molecular flexibility index (Phi) is 7.79. The number of rotatable bonds is 7. The van der Waals surface area contributed by atoms with Gasteiger partial charge in [0.2, 0.25) is 0 Å². The van der Waals surface area contributed by atoms with Crippen LogP contribution < -0.4 is 9.64 Å². The first-order chi connectivity index (χ1) is 12.6. The summed E-state index contributed by atoms with van der Waals surface area (Å²) in [4.78, 5) is 22.4. The van der Waals surface area contributed by atoms with Crippen molar-refractivity contribution >= 4 is 62.4 Å². The third-order valence-corrected chi connectivity index (χ3v) is 5.67. The normalized spacial score (nSPS) is 11.1. The molecular weight excluding hydrogens is 402 g/mol. The molecule has 2 heterocycles. The van der Waals surface area contributed by atoms with Crippen molar-refractivity contribution in [2.45, 2.75) is 0 Å². The number of thiazole rings is 1. The number of carbonyl (C=O) groups excluding carboxylic acids is 1. The molecule has 0 radical (unpaired) electrons. The number of amides is 1. The Labute approximate surface area is 173 Å². The van der Waals surface area contributed by atoms with Crippen molar-refractivity contribution in [3.8, 4) is 5.75 Å². The quantitative estimate of drug-likeness (QED) is 0.528. The summed E-state index contributed by atoms with van der Waals surface area (Å²) < 4.78 is 6.40. The lowest BCUT2D eigenvalue weighted by atomic mass is 10.3. The van der Waals surface area contributed by atoms with E-state index >= 15 is 0 Å². The Morgan fingerprint density at radius 2 is 2.04 bits per heavy atom. The van der Waals surface area contributed by atoms with Crippen LogP contribution in [0.15, 0.2) is 41.8 Å². The van der Waals surface area contributed by atoms with Crippen LogP contribution in [0.4, 0.5) is 5.13 Å².